The first-order valence-corrected chi connectivity index (χ1v) is 8.66. The fourth-order valence-corrected chi connectivity index (χ4v) is 3.30. The third-order valence-corrected chi connectivity index (χ3v) is 4.79. The van der Waals surface area contributed by atoms with Crippen molar-refractivity contribution < 1.29 is 4.39 Å². The third kappa shape index (κ3) is 3.17. The van der Waals surface area contributed by atoms with Crippen LogP contribution in [-0.2, 0) is 6.54 Å². The van der Waals surface area contributed by atoms with Crippen LogP contribution in [0.15, 0.2) is 82.6 Å². The molecule has 0 atom stereocenters. The van der Waals surface area contributed by atoms with Gasteiger partial charge in [0, 0.05) is 22.8 Å². The molecule has 0 spiro atoms. The van der Waals surface area contributed by atoms with E-state index in [1.807, 2.05) is 36.4 Å². The molecule has 0 bridgehead atoms. The van der Waals surface area contributed by atoms with Crippen molar-refractivity contribution in [1.82, 2.24) is 9.13 Å². The molecule has 0 aliphatic carbocycles. The zero-order chi connectivity index (χ0) is 19.0. The van der Waals surface area contributed by atoms with E-state index >= 15 is 0 Å². The Hall–Kier alpha value is -3.18. The van der Waals surface area contributed by atoms with Crippen molar-refractivity contribution in [2.45, 2.75) is 6.54 Å². The highest BCUT2D eigenvalue weighted by atomic mass is 35.5. The largest absolute Gasteiger partial charge is 0.321 e. The van der Waals surface area contributed by atoms with Gasteiger partial charge in [-0.3, -0.25) is 14.2 Å². The van der Waals surface area contributed by atoms with Gasteiger partial charge in [-0.25, -0.2) is 4.39 Å². The van der Waals surface area contributed by atoms with Crippen molar-refractivity contribution in [1.29, 1.82) is 0 Å². The average Bonchev–Trinajstić information content (AvgIpc) is 2.67. The van der Waals surface area contributed by atoms with Gasteiger partial charge in [0.15, 0.2) is 0 Å². The Morgan fingerprint density at radius 1 is 0.889 bits per heavy atom. The summed E-state index contributed by atoms with van der Waals surface area (Å²) in [5.74, 6) is -0.456. The maximum absolute atomic E-state index is 13.2. The zero-order valence-corrected chi connectivity index (χ0v) is 14.9. The van der Waals surface area contributed by atoms with Crippen LogP contribution in [0.2, 0.25) is 5.02 Å². The fourth-order valence-electron chi connectivity index (χ4n) is 3.07. The predicted octanol–water partition coefficient (Wildman–Crippen LogP) is 3.99. The Labute approximate surface area is 158 Å². The Morgan fingerprint density at radius 3 is 2.48 bits per heavy atom. The van der Waals surface area contributed by atoms with Crippen LogP contribution in [0.5, 0.6) is 0 Å². The van der Waals surface area contributed by atoms with Crippen molar-refractivity contribution in [2.24, 2.45) is 0 Å². The monoisotopic (exact) mass is 380 g/mol. The summed E-state index contributed by atoms with van der Waals surface area (Å²) in [4.78, 5) is 25.3. The van der Waals surface area contributed by atoms with E-state index in [1.54, 1.807) is 12.3 Å². The molecular formula is C21H14ClFN2O2. The van der Waals surface area contributed by atoms with Crippen molar-refractivity contribution in [3.8, 4) is 5.69 Å². The summed E-state index contributed by atoms with van der Waals surface area (Å²) < 4.78 is 15.8. The van der Waals surface area contributed by atoms with Crippen molar-refractivity contribution >= 4 is 22.4 Å². The van der Waals surface area contributed by atoms with E-state index in [0.717, 1.165) is 10.8 Å². The van der Waals surface area contributed by atoms with Gasteiger partial charge in [0.2, 0.25) is 0 Å². The number of aromatic nitrogens is 2. The van der Waals surface area contributed by atoms with E-state index in [9.17, 15) is 14.0 Å². The van der Waals surface area contributed by atoms with E-state index in [-0.39, 0.29) is 11.6 Å². The molecule has 0 saturated carbocycles. The standard InChI is InChI=1S/C21H14ClFN2O2/c22-18-12-16(23)9-8-15(18)13-24-10-11-25(21(27)20(24)26)19-7-3-5-14-4-1-2-6-17(14)19/h1-12H,13H2. The molecule has 4 aromatic rings. The lowest BCUT2D eigenvalue weighted by molar-refractivity contribution is 0.625. The Balaban J connectivity index is 1.81. The van der Waals surface area contributed by atoms with Crippen LogP contribution in [0.1, 0.15) is 5.56 Å². The quantitative estimate of drug-likeness (QED) is 0.504. The summed E-state index contributed by atoms with van der Waals surface area (Å²) in [6.45, 7) is 0.0869. The SMILES string of the molecule is O=c1c(=O)n(-c2cccc3ccccc23)ccn1Cc1ccc(F)cc1Cl. The normalized spacial score (nSPS) is 11.0. The molecule has 3 aromatic carbocycles. The summed E-state index contributed by atoms with van der Waals surface area (Å²) in [5, 5.41) is 2.06. The summed E-state index contributed by atoms with van der Waals surface area (Å²) in [7, 11) is 0. The second-order valence-corrected chi connectivity index (χ2v) is 6.55. The molecule has 0 aliphatic rings. The Morgan fingerprint density at radius 2 is 1.67 bits per heavy atom. The van der Waals surface area contributed by atoms with Crippen LogP contribution >= 0.6 is 11.6 Å². The van der Waals surface area contributed by atoms with Crippen molar-refractivity contribution in [3.05, 3.63) is 110 Å². The van der Waals surface area contributed by atoms with E-state index < -0.39 is 16.9 Å². The van der Waals surface area contributed by atoms with E-state index in [2.05, 4.69) is 0 Å². The number of hydrogen-bond donors (Lipinski definition) is 0. The number of benzene rings is 3. The van der Waals surface area contributed by atoms with E-state index in [4.69, 9.17) is 11.6 Å². The maximum atomic E-state index is 13.2. The highest BCUT2D eigenvalue weighted by Crippen LogP contribution is 2.21. The van der Waals surface area contributed by atoms with Gasteiger partial charge in [0.05, 0.1) is 12.2 Å². The number of halogens is 2. The molecule has 0 fully saturated rings. The first-order valence-electron chi connectivity index (χ1n) is 8.29. The maximum Gasteiger partial charge on any atom is 0.321 e. The van der Waals surface area contributed by atoms with Crippen molar-refractivity contribution in [3.63, 3.8) is 0 Å². The number of fused-ring (bicyclic) bond motifs is 1. The van der Waals surface area contributed by atoms with Crippen LogP contribution in [0, 0.1) is 5.82 Å². The van der Waals surface area contributed by atoms with Crippen LogP contribution in [-0.4, -0.2) is 9.13 Å². The lowest BCUT2D eigenvalue weighted by Crippen LogP contribution is -2.40. The second kappa shape index (κ2) is 6.85. The van der Waals surface area contributed by atoms with Gasteiger partial charge in [0.25, 0.3) is 0 Å². The zero-order valence-electron chi connectivity index (χ0n) is 14.1. The Kier molecular flexibility index (Phi) is 4.38. The second-order valence-electron chi connectivity index (χ2n) is 6.14. The minimum atomic E-state index is -0.675. The highest BCUT2D eigenvalue weighted by Gasteiger charge is 2.11. The Bertz CT molecular complexity index is 1270. The molecule has 0 radical (unpaired) electrons. The average molecular weight is 381 g/mol. The number of hydrogen-bond acceptors (Lipinski definition) is 2. The molecule has 4 nitrogen and oxygen atoms in total. The summed E-state index contributed by atoms with van der Waals surface area (Å²) >= 11 is 6.03. The third-order valence-electron chi connectivity index (χ3n) is 4.44. The van der Waals surface area contributed by atoms with E-state index in [0.29, 0.717) is 11.3 Å². The topological polar surface area (TPSA) is 44.0 Å². The molecule has 0 N–H and O–H groups in total. The molecule has 0 amide bonds. The van der Waals surface area contributed by atoms with Crippen LogP contribution in [0.25, 0.3) is 16.5 Å². The first-order chi connectivity index (χ1) is 13.0. The van der Waals surface area contributed by atoms with Crippen LogP contribution < -0.4 is 11.1 Å². The molecule has 134 valence electrons. The predicted molar refractivity (Wildman–Crippen MR) is 104 cm³/mol. The molecule has 4 rings (SSSR count). The smallest absolute Gasteiger partial charge is 0.305 e. The molecular weight excluding hydrogens is 367 g/mol. The summed E-state index contributed by atoms with van der Waals surface area (Å²) in [5.41, 5.74) is -0.137. The first kappa shape index (κ1) is 17.2. The highest BCUT2D eigenvalue weighted by molar-refractivity contribution is 6.31. The molecule has 0 unspecified atom stereocenters. The van der Waals surface area contributed by atoms with Gasteiger partial charge in [-0.05, 0) is 29.1 Å². The minimum Gasteiger partial charge on any atom is -0.305 e. The molecule has 0 saturated heterocycles. The van der Waals surface area contributed by atoms with E-state index in [1.165, 1.54) is 33.5 Å². The fraction of sp³-hybridized carbons (Fsp3) is 0.0476. The molecule has 1 heterocycles. The summed E-state index contributed by atoms with van der Waals surface area (Å²) in [6.07, 6.45) is 3.09. The molecule has 1 aromatic heterocycles. The van der Waals surface area contributed by atoms with Crippen molar-refractivity contribution in [2.75, 3.05) is 0 Å². The lowest BCUT2D eigenvalue weighted by Gasteiger charge is -2.12. The van der Waals surface area contributed by atoms with Gasteiger partial charge in [-0.15, -0.1) is 0 Å². The molecule has 6 heteroatoms. The number of nitrogens with zero attached hydrogens (tertiary/aromatic N) is 2. The number of rotatable bonds is 3. The van der Waals surface area contributed by atoms with Gasteiger partial charge < -0.3 is 4.57 Å². The van der Waals surface area contributed by atoms with Gasteiger partial charge in [-0.2, -0.15) is 0 Å². The summed E-state index contributed by atoms with van der Waals surface area (Å²) in [6, 6.07) is 17.2. The van der Waals surface area contributed by atoms with Crippen LogP contribution in [0.4, 0.5) is 4.39 Å². The van der Waals surface area contributed by atoms with Gasteiger partial charge in [-0.1, -0.05) is 54.1 Å². The van der Waals surface area contributed by atoms with Gasteiger partial charge >= 0.3 is 11.1 Å². The molecule has 27 heavy (non-hydrogen) atoms. The van der Waals surface area contributed by atoms with Crippen LogP contribution in [0.3, 0.4) is 0 Å². The van der Waals surface area contributed by atoms with Gasteiger partial charge in [0.1, 0.15) is 5.82 Å². The lowest BCUT2D eigenvalue weighted by atomic mass is 10.1. The molecule has 0 aliphatic heterocycles. The minimum absolute atomic E-state index is 0.0869.